The summed E-state index contributed by atoms with van der Waals surface area (Å²) in [5.74, 6) is 0.724. The molecular weight excluding hydrogens is 442 g/mol. The Morgan fingerprint density at radius 2 is 1.94 bits per heavy atom. The van der Waals surface area contributed by atoms with Crippen LogP contribution in [-0.2, 0) is 25.3 Å². The summed E-state index contributed by atoms with van der Waals surface area (Å²) in [5.41, 5.74) is 1.65. The van der Waals surface area contributed by atoms with Crippen LogP contribution < -0.4 is 11.1 Å². The van der Waals surface area contributed by atoms with E-state index in [1.807, 2.05) is 12.1 Å². The SMILES string of the molecule is CC(C)CCn1c(SCn2nnc3ccccc3c2=O)nc2sc3c(c2c1=O)CCCC3. The molecule has 166 valence electrons. The standard InChI is InChI=1S/C23H25N5O2S2/c1-14(2)11-12-27-22(30)19-16-8-4-6-10-18(16)32-20(19)24-23(27)31-13-28-21(29)15-7-3-5-9-17(15)25-26-28/h3,5,7,9,14H,4,6,8,10-13H2,1-2H3. The van der Waals surface area contributed by atoms with E-state index < -0.39 is 0 Å². The third kappa shape index (κ3) is 3.88. The van der Waals surface area contributed by atoms with Crippen molar-refractivity contribution in [1.29, 1.82) is 0 Å². The Morgan fingerprint density at radius 3 is 2.78 bits per heavy atom. The number of hydrogen-bond donors (Lipinski definition) is 0. The van der Waals surface area contributed by atoms with E-state index in [0.29, 0.717) is 28.5 Å². The summed E-state index contributed by atoms with van der Waals surface area (Å²) in [6.45, 7) is 4.92. The number of nitrogens with zero attached hydrogens (tertiary/aromatic N) is 5. The normalized spacial score (nSPS) is 13.8. The molecule has 0 unspecified atom stereocenters. The lowest BCUT2D eigenvalue weighted by Crippen LogP contribution is -2.26. The van der Waals surface area contributed by atoms with E-state index in [0.717, 1.165) is 35.9 Å². The van der Waals surface area contributed by atoms with Gasteiger partial charge in [0.2, 0.25) is 0 Å². The average Bonchev–Trinajstić information content (AvgIpc) is 3.17. The van der Waals surface area contributed by atoms with Gasteiger partial charge in [-0.1, -0.05) is 43.0 Å². The number of hydrogen-bond acceptors (Lipinski definition) is 7. The number of aromatic nitrogens is 5. The van der Waals surface area contributed by atoms with E-state index in [4.69, 9.17) is 4.98 Å². The minimum atomic E-state index is -0.188. The summed E-state index contributed by atoms with van der Waals surface area (Å²) in [5, 5.41) is 10.2. The zero-order valence-electron chi connectivity index (χ0n) is 18.2. The molecule has 1 aliphatic carbocycles. The summed E-state index contributed by atoms with van der Waals surface area (Å²) < 4.78 is 3.14. The van der Waals surface area contributed by atoms with Crippen molar-refractivity contribution in [3.8, 4) is 0 Å². The van der Waals surface area contributed by atoms with Gasteiger partial charge in [-0.25, -0.2) is 4.98 Å². The van der Waals surface area contributed by atoms with Gasteiger partial charge in [-0.3, -0.25) is 14.2 Å². The molecule has 5 rings (SSSR count). The zero-order valence-corrected chi connectivity index (χ0v) is 19.8. The van der Waals surface area contributed by atoms with Crippen LogP contribution in [0.15, 0.2) is 39.0 Å². The molecule has 1 aromatic carbocycles. The maximum atomic E-state index is 13.6. The highest BCUT2D eigenvalue weighted by atomic mass is 32.2. The van der Waals surface area contributed by atoms with Crippen molar-refractivity contribution in [3.63, 3.8) is 0 Å². The van der Waals surface area contributed by atoms with Crippen LogP contribution in [0.25, 0.3) is 21.1 Å². The lowest BCUT2D eigenvalue weighted by Gasteiger charge is -2.14. The molecule has 7 nitrogen and oxygen atoms in total. The monoisotopic (exact) mass is 467 g/mol. The summed E-state index contributed by atoms with van der Waals surface area (Å²) >= 11 is 3.02. The lowest BCUT2D eigenvalue weighted by atomic mass is 9.97. The Kier molecular flexibility index (Phi) is 5.86. The number of thioether (sulfide) groups is 1. The van der Waals surface area contributed by atoms with Crippen LogP contribution in [0.3, 0.4) is 0 Å². The fourth-order valence-electron chi connectivity index (χ4n) is 4.14. The van der Waals surface area contributed by atoms with Gasteiger partial charge in [0, 0.05) is 11.4 Å². The van der Waals surface area contributed by atoms with Crippen molar-refractivity contribution in [1.82, 2.24) is 24.5 Å². The first-order chi connectivity index (χ1) is 15.5. The zero-order chi connectivity index (χ0) is 22.2. The second-order valence-corrected chi connectivity index (χ2v) is 10.6. The molecular formula is C23H25N5O2S2. The van der Waals surface area contributed by atoms with Crippen LogP contribution in [-0.4, -0.2) is 24.5 Å². The van der Waals surface area contributed by atoms with Gasteiger partial charge in [0.1, 0.15) is 10.3 Å². The summed E-state index contributed by atoms with van der Waals surface area (Å²) in [4.78, 5) is 33.4. The fourth-order valence-corrected chi connectivity index (χ4v) is 6.34. The number of benzene rings is 1. The van der Waals surface area contributed by atoms with E-state index >= 15 is 0 Å². The summed E-state index contributed by atoms with van der Waals surface area (Å²) in [7, 11) is 0. The van der Waals surface area contributed by atoms with Gasteiger partial charge in [-0.05, 0) is 55.7 Å². The predicted molar refractivity (Wildman–Crippen MR) is 130 cm³/mol. The smallest absolute Gasteiger partial charge is 0.278 e. The quantitative estimate of drug-likeness (QED) is 0.312. The van der Waals surface area contributed by atoms with E-state index in [-0.39, 0.29) is 17.0 Å². The molecule has 0 saturated heterocycles. The van der Waals surface area contributed by atoms with Crippen LogP contribution in [0.2, 0.25) is 0 Å². The van der Waals surface area contributed by atoms with Crippen LogP contribution in [0, 0.1) is 5.92 Å². The molecule has 0 spiro atoms. The molecule has 1 aliphatic rings. The van der Waals surface area contributed by atoms with Gasteiger partial charge < -0.3 is 0 Å². The first-order valence-electron chi connectivity index (χ1n) is 11.0. The second-order valence-electron chi connectivity index (χ2n) is 8.61. The molecule has 4 aromatic rings. The maximum Gasteiger partial charge on any atom is 0.278 e. The Morgan fingerprint density at radius 1 is 1.12 bits per heavy atom. The summed E-state index contributed by atoms with van der Waals surface area (Å²) in [6, 6.07) is 7.19. The molecule has 0 radical (unpaired) electrons. The minimum Gasteiger partial charge on any atom is -0.287 e. The van der Waals surface area contributed by atoms with Crippen molar-refractivity contribution in [3.05, 3.63) is 55.4 Å². The fraction of sp³-hybridized carbons (Fsp3) is 0.435. The van der Waals surface area contributed by atoms with Crippen LogP contribution in [0.1, 0.15) is 43.6 Å². The van der Waals surface area contributed by atoms with Crippen LogP contribution >= 0.6 is 23.1 Å². The molecule has 0 fully saturated rings. The molecule has 9 heteroatoms. The Labute approximate surface area is 193 Å². The van der Waals surface area contributed by atoms with E-state index in [2.05, 4.69) is 24.2 Å². The molecule has 0 N–H and O–H groups in total. The van der Waals surface area contributed by atoms with Crippen LogP contribution in [0.4, 0.5) is 0 Å². The van der Waals surface area contributed by atoms with E-state index in [1.165, 1.54) is 33.3 Å². The highest BCUT2D eigenvalue weighted by Crippen LogP contribution is 2.34. The first-order valence-corrected chi connectivity index (χ1v) is 12.8. The van der Waals surface area contributed by atoms with Crippen molar-refractivity contribution in [2.24, 2.45) is 5.92 Å². The minimum absolute atomic E-state index is 0.0505. The predicted octanol–water partition coefficient (Wildman–Crippen LogP) is 4.24. The Hall–Kier alpha value is -2.52. The van der Waals surface area contributed by atoms with Crippen molar-refractivity contribution in [2.75, 3.05) is 0 Å². The molecule has 0 bridgehead atoms. The Balaban J connectivity index is 1.55. The van der Waals surface area contributed by atoms with Gasteiger partial charge in [-0.15, -0.1) is 16.4 Å². The van der Waals surface area contributed by atoms with Crippen molar-refractivity contribution < 1.29 is 0 Å². The highest BCUT2D eigenvalue weighted by Gasteiger charge is 2.22. The molecule has 0 amide bonds. The third-order valence-electron chi connectivity index (χ3n) is 5.92. The molecule has 32 heavy (non-hydrogen) atoms. The van der Waals surface area contributed by atoms with Crippen molar-refractivity contribution >= 4 is 44.2 Å². The third-order valence-corrected chi connectivity index (χ3v) is 8.04. The molecule has 0 atom stereocenters. The second kappa shape index (κ2) is 8.78. The summed E-state index contributed by atoms with van der Waals surface area (Å²) in [6.07, 6.45) is 5.19. The molecule has 0 aliphatic heterocycles. The lowest BCUT2D eigenvalue weighted by molar-refractivity contribution is 0.480. The molecule has 3 heterocycles. The number of aryl methyl sites for hydroxylation is 2. The van der Waals surface area contributed by atoms with Gasteiger partial charge in [-0.2, -0.15) is 4.68 Å². The van der Waals surface area contributed by atoms with Gasteiger partial charge >= 0.3 is 0 Å². The topological polar surface area (TPSA) is 82.7 Å². The Bertz CT molecular complexity index is 1420. The van der Waals surface area contributed by atoms with Crippen molar-refractivity contribution in [2.45, 2.75) is 63.5 Å². The van der Waals surface area contributed by atoms with Gasteiger partial charge in [0.05, 0.1) is 16.6 Å². The largest absolute Gasteiger partial charge is 0.287 e. The van der Waals surface area contributed by atoms with Gasteiger partial charge in [0.25, 0.3) is 11.1 Å². The van der Waals surface area contributed by atoms with Crippen LogP contribution in [0.5, 0.6) is 0 Å². The van der Waals surface area contributed by atoms with E-state index in [1.54, 1.807) is 28.0 Å². The molecule has 0 saturated carbocycles. The highest BCUT2D eigenvalue weighted by molar-refractivity contribution is 7.98. The van der Waals surface area contributed by atoms with Gasteiger partial charge in [0.15, 0.2) is 5.16 Å². The number of fused-ring (bicyclic) bond motifs is 4. The number of thiophene rings is 1. The maximum absolute atomic E-state index is 13.6. The molecule has 3 aromatic heterocycles. The number of rotatable bonds is 6. The first kappa shape index (κ1) is 21.3. The average molecular weight is 468 g/mol. The van der Waals surface area contributed by atoms with E-state index in [9.17, 15) is 9.59 Å².